The van der Waals surface area contributed by atoms with E-state index in [0.29, 0.717) is 36.8 Å². The topological polar surface area (TPSA) is 58.3 Å². The van der Waals surface area contributed by atoms with Crippen molar-refractivity contribution >= 4 is 23.4 Å². The maximum Gasteiger partial charge on any atom is 0.278 e. The van der Waals surface area contributed by atoms with Gasteiger partial charge in [0.2, 0.25) is 0 Å². The molecule has 1 atom stereocenters. The van der Waals surface area contributed by atoms with Crippen LogP contribution in [0.15, 0.2) is 18.2 Å². The highest BCUT2D eigenvalue weighted by Gasteiger charge is 2.28. The minimum absolute atomic E-state index is 0.0354. The normalized spacial score (nSPS) is 16.7. The first-order valence-corrected chi connectivity index (χ1v) is 10.1. The summed E-state index contributed by atoms with van der Waals surface area (Å²) >= 11 is 6.07. The van der Waals surface area contributed by atoms with Crippen molar-refractivity contribution in [2.75, 3.05) is 46.3 Å². The van der Waals surface area contributed by atoms with Gasteiger partial charge in [0.05, 0.1) is 43.8 Å². The Kier molecular flexibility index (Phi) is 7.80. The molecular formula is C20H32ClFN4O2+2. The highest BCUT2D eigenvalue weighted by atomic mass is 35.5. The fourth-order valence-electron chi connectivity index (χ4n) is 3.37. The van der Waals surface area contributed by atoms with E-state index in [1.807, 2.05) is 32.7 Å². The summed E-state index contributed by atoms with van der Waals surface area (Å²) in [6.45, 7) is 9.72. The van der Waals surface area contributed by atoms with E-state index in [0.717, 1.165) is 18.0 Å². The summed E-state index contributed by atoms with van der Waals surface area (Å²) in [7, 11) is 1.86. The van der Waals surface area contributed by atoms with Gasteiger partial charge in [0, 0.05) is 5.54 Å². The molecule has 28 heavy (non-hydrogen) atoms. The first-order valence-electron chi connectivity index (χ1n) is 9.71. The van der Waals surface area contributed by atoms with Gasteiger partial charge < -0.3 is 20.0 Å². The van der Waals surface area contributed by atoms with Gasteiger partial charge in [0.1, 0.15) is 12.4 Å². The van der Waals surface area contributed by atoms with Crippen molar-refractivity contribution in [3.63, 3.8) is 0 Å². The van der Waals surface area contributed by atoms with E-state index < -0.39 is 0 Å². The Hall–Kier alpha value is -1.70. The highest BCUT2D eigenvalue weighted by molar-refractivity contribution is 6.31. The quantitative estimate of drug-likeness (QED) is 0.567. The lowest BCUT2D eigenvalue weighted by Crippen LogP contribution is -3.16. The molecule has 1 heterocycles. The lowest BCUT2D eigenvalue weighted by molar-refractivity contribution is -0.897. The fourth-order valence-corrected chi connectivity index (χ4v) is 3.60. The average molecular weight is 415 g/mol. The molecule has 8 heteroatoms. The van der Waals surface area contributed by atoms with Crippen molar-refractivity contribution in [2.24, 2.45) is 0 Å². The molecule has 1 saturated heterocycles. The number of benzene rings is 1. The summed E-state index contributed by atoms with van der Waals surface area (Å²) in [5, 5.41) is 3.36. The SMILES string of the molecule is C[NH+](CC(=O)N1CC[NH+](CC(=O)NC(C)(C)C)CC1)Cc1c(F)cccc1Cl. The number of rotatable bonds is 6. The van der Waals surface area contributed by atoms with E-state index >= 15 is 0 Å². The number of amides is 2. The molecule has 1 aromatic carbocycles. The molecule has 2 rings (SSSR count). The van der Waals surface area contributed by atoms with Crippen LogP contribution in [0.1, 0.15) is 26.3 Å². The van der Waals surface area contributed by atoms with Crippen molar-refractivity contribution in [1.82, 2.24) is 10.2 Å². The van der Waals surface area contributed by atoms with Crippen molar-refractivity contribution < 1.29 is 23.8 Å². The molecule has 0 bridgehead atoms. The monoisotopic (exact) mass is 414 g/mol. The number of carbonyl (C=O) groups is 2. The van der Waals surface area contributed by atoms with Gasteiger partial charge in [-0.05, 0) is 32.9 Å². The van der Waals surface area contributed by atoms with E-state index in [4.69, 9.17) is 11.6 Å². The van der Waals surface area contributed by atoms with Crippen LogP contribution in [0.4, 0.5) is 4.39 Å². The summed E-state index contributed by atoms with van der Waals surface area (Å²) in [4.78, 5) is 28.5. The lowest BCUT2D eigenvalue weighted by Gasteiger charge is -2.32. The first-order chi connectivity index (χ1) is 13.0. The van der Waals surface area contributed by atoms with E-state index in [2.05, 4.69) is 5.32 Å². The van der Waals surface area contributed by atoms with Crippen molar-refractivity contribution in [3.8, 4) is 0 Å². The number of halogens is 2. The average Bonchev–Trinajstić information content (AvgIpc) is 2.57. The molecule has 6 nitrogen and oxygen atoms in total. The van der Waals surface area contributed by atoms with Crippen molar-refractivity contribution in [2.45, 2.75) is 32.9 Å². The summed E-state index contributed by atoms with van der Waals surface area (Å²) in [6.07, 6.45) is 0. The smallest absolute Gasteiger partial charge is 0.278 e. The van der Waals surface area contributed by atoms with Crippen molar-refractivity contribution in [1.29, 1.82) is 0 Å². The fraction of sp³-hybridized carbons (Fsp3) is 0.600. The van der Waals surface area contributed by atoms with Crippen LogP contribution in [0, 0.1) is 5.82 Å². The van der Waals surface area contributed by atoms with Crippen molar-refractivity contribution in [3.05, 3.63) is 34.6 Å². The zero-order valence-corrected chi connectivity index (χ0v) is 18.0. The van der Waals surface area contributed by atoms with E-state index in [1.54, 1.807) is 12.1 Å². The van der Waals surface area contributed by atoms with Crippen LogP contribution in [-0.2, 0) is 16.1 Å². The van der Waals surface area contributed by atoms with Crippen LogP contribution < -0.4 is 15.1 Å². The number of hydrogen-bond acceptors (Lipinski definition) is 2. The van der Waals surface area contributed by atoms with Gasteiger partial charge in [-0.3, -0.25) is 9.59 Å². The molecule has 1 aliphatic rings. The molecule has 1 fully saturated rings. The molecule has 1 aliphatic heterocycles. The summed E-state index contributed by atoms with van der Waals surface area (Å²) < 4.78 is 13.9. The summed E-state index contributed by atoms with van der Waals surface area (Å²) in [5.74, 6) is -0.263. The Bertz CT molecular complexity index is 680. The minimum Gasteiger partial charge on any atom is -0.347 e. The second-order valence-electron chi connectivity index (χ2n) is 8.62. The molecule has 2 amide bonds. The van der Waals surface area contributed by atoms with Gasteiger partial charge in [0.25, 0.3) is 11.8 Å². The standard InChI is InChI=1S/C20H30ClFN4O2/c1-20(2,3)23-18(27)13-25-8-10-26(11-9-25)19(28)14-24(4)12-15-16(21)6-5-7-17(15)22/h5-7H,8-14H2,1-4H3,(H,23,27)/p+2. The largest absolute Gasteiger partial charge is 0.347 e. The number of nitrogens with zero attached hydrogens (tertiary/aromatic N) is 1. The number of carbonyl (C=O) groups excluding carboxylic acids is 2. The first kappa shape index (κ1) is 22.6. The number of quaternary nitrogens is 2. The molecule has 0 aromatic heterocycles. The van der Waals surface area contributed by atoms with Gasteiger partial charge in [-0.2, -0.15) is 0 Å². The second kappa shape index (κ2) is 9.67. The van der Waals surface area contributed by atoms with Crippen LogP contribution in [-0.4, -0.2) is 68.6 Å². The number of nitrogens with one attached hydrogen (secondary N) is 3. The van der Waals surface area contributed by atoms with E-state index in [-0.39, 0.29) is 29.7 Å². The zero-order valence-electron chi connectivity index (χ0n) is 17.2. The van der Waals surface area contributed by atoms with Gasteiger partial charge >= 0.3 is 0 Å². The molecule has 1 unspecified atom stereocenters. The van der Waals surface area contributed by atoms with Crippen LogP contribution >= 0.6 is 11.6 Å². The van der Waals surface area contributed by atoms with E-state index in [1.165, 1.54) is 11.0 Å². The minimum atomic E-state index is -0.343. The predicted octanol–water partition coefficient (Wildman–Crippen LogP) is -0.864. The Morgan fingerprint density at radius 1 is 1.29 bits per heavy atom. The molecule has 3 N–H and O–H groups in total. The third-order valence-electron chi connectivity index (χ3n) is 4.74. The second-order valence-corrected chi connectivity index (χ2v) is 9.02. The molecule has 0 spiro atoms. The number of hydrogen-bond donors (Lipinski definition) is 3. The summed E-state index contributed by atoms with van der Waals surface area (Å²) in [6, 6.07) is 4.62. The van der Waals surface area contributed by atoms with Crippen LogP contribution in [0.5, 0.6) is 0 Å². The Morgan fingerprint density at radius 3 is 2.50 bits per heavy atom. The van der Waals surface area contributed by atoms with E-state index in [9.17, 15) is 14.0 Å². The maximum absolute atomic E-state index is 13.9. The van der Waals surface area contributed by atoms with Gasteiger partial charge in [0.15, 0.2) is 13.1 Å². The maximum atomic E-state index is 13.9. The third kappa shape index (κ3) is 7.04. The predicted molar refractivity (Wildman–Crippen MR) is 107 cm³/mol. The molecule has 1 aromatic rings. The van der Waals surface area contributed by atoms with Gasteiger partial charge in [-0.15, -0.1) is 0 Å². The zero-order chi connectivity index (χ0) is 20.9. The Labute approximate surface area is 171 Å². The third-order valence-corrected chi connectivity index (χ3v) is 5.10. The number of piperazine rings is 1. The Balaban J connectivity index is 1.78. The Morgan fingerprint density at radius 2 is 1.93 bits per heavy atom. The molecule has 0 aliphatic carbocycles. The van der Waals surface area contributed by atoms with Crippen LogP contribution in [0.3, 0.4) is 0 Å². The molecule has 0 radical (unpaired) electrons. The number of likely N-dealkylation sites (N-methyl/N-ethyl adjacent to an activating group) is 1. The highest BCUT2D eigenvalue weighted by Crippen LogP contribution is 2.17. The molecular weight excluding hydrogens is 383 g/mol. The summed E-state index contributed by atoms with van der Waals surface area (Å²) in [5.41, 5.74) is 0.205. The van der Waals surface area contributed by atoms with Gasteiger partial charge in [-0.1, -0.05) is 17.7 Å². The molecule has 0 saturated carbocycles. The van der Waals surface area contributed by atoms with Gasteiger partial charge in [-0.25, -0.2) is 4.39 Å². The lowest BCUT2D eigenvalue weighted by atomic mass is 10.1. The molecule has 156 valence electrons. The van der Waals surface area contributed by atoms with Crippen LogP contribution in [0.2, 0.25) is 5.02 Å². The van der Waals surface area contributed by atoms with Crippen LogP contribution in [0.25, 0.3) is 0 Å².